The summed E-state index contributed by atoms with van der Waals surface area (Å²) < 4.78 is 1.96. The van der Waals surface area contributed by atoms with Gasteiger partial charge in [0.15, 0.2) is 0 Å². The number of nitrogens with one attached hydrogen (secondary N) is 1. The van der Waals surface area contributed by atoms with Gasteiger partial charge in [0, 0.05) is 18.4 Å². The second kappa shape index (κ2) is 5.03. The summed E-state index contributed by atoms with van der Waals surface area (Å²) in [4.78, 5) is 16.4. The Morgan fingerprint density at radius 1 is 1.47 bits per heavy atom. The second-order valence-corrected chi connectivity index (χ2v) is 5.43. The molecule has 4 nitrogen and oxygen atoms in total. The van der Waals surface area contributed by atoms with Crippen molar-refractivity contribution < 1.29 is 4.79 Å². The molecule has 0 saturated heterocycles. The van der Waals surface area contributed by atoms with E-state index in [0.29, 0.717) is 12.5 Å². The van der Waals surface area contributed by atoms with Crippen LogP contribution in [0.5, 0.6) is 0 Å². The van der Waals surface area contributed by atoms with Crippen molar-refractivity contribution in [2.24, 2.45) is 0 Å². The molecule has 1 N–H and O–H groups in total. The molecule has 1 amide bonds. The zero-order chi connectivity index (χ0) is 13.2. The third kappa shape index (κ3) is 2.78. The zero-order valence-corrected chi connectivity index (χ0v) is 11.2. The van der Waals surface area contributed by atoms with Crippen molar-refractivity contribution in [2.75, 3.05) is 0 Å². The minimum atomic E-state index is 0.0898. The van der Waals surface area contributed by atoms with Crippen molar-refractivity contribution in [3.05, 3.63) is 35.8 Å². The molecule has 19 heavy (non-hydrogen) atoms. The summed E-state index contributed by atoms with van der Waals surface area (Å²) in [6.07, 6.45) is 9.00. The van der Waals surface area contributed by atoms with E-state index in [1.54, 1.807) is 0 Å². The summed E-state index contributed by atoms with van der Waals surface area (Å²) in [6.45, 7) is 2.04. The van der Waals surface area contributed by atoms with Gasteiger partial charge < -0.3 is 9.72 Å². The molecule has 3 rings (SSSR count). The number of imidazole rings is 1. The van der Waals surface area contributed by atoms with Crippen LogP contribution in [0.15, 0.2) is 24.5 Å². The molecule has 1 aliphatic carbocycles. The Morgan fingerprint density at radius 3 is 3.05 bits per heavy atom. The van der Waals surface area contributed by atoms with Gasteiger partial charge in [-0.15, -0.1) is 0 Å². The molecule has 2 aromatic rings. The number of carbonyl (C=O) groups excluding carboxylic acids is 1. The first-order valence-electron chi connectivity index (χ1n) is 6.94. The van der Waals surface area contributed by atoms with Crippen LogP contribution in [0.4, 0.5) is 0 Å². The lowest BCUT2D eigenvalue weighted by atomic mass is 10.2. The Morgan fingerprint density at radius 2 is 2.26 bits per heavy atom. The molecular formula is C15H19N3O. The van der Waals surface area contributed by atoms with Crippen molar-refractivity contribution in [1.29, 1.82) is 0 Å². The van der Waals surface area contributed by atoms with Gasteiger partial charge in [-0.1, -0.05) is 12.8 Å². The number of hydrogen-bond donors (Lipinski definition) is 1. The predicted octanol–water partition coefficient (Wildman–Crippen LogP) is 2.24. The number of amides is 1. The molecule has 2 aromatic heterocycles. The summed E-state index contributed by atoms with van der Waals surface area (Å²) in [5, 5.41) is 3.09. The molecule has 0 aliphatic heterocycles. The van der Waals surface area contributed by atoms with Gasteiger partial charge in [0.05, 0.1) is 12.1 Å². The summed E-state index contributed by atoms with van der Waals surface area (Å²) in [5.74, 6) is 0.0898. The molecule has 1 saturated carbocycles. The zero-order valence-electron chi connectivity index (χ0n) is 11.2. The van der Waals surface area contributed by atoms with Crippen LogP contribution in [0.2, 0.25) is 0 Å². The van der Waals surface area contributed by atoms with Crippen LogP contribution in [-0.4, -0.2) is 21.3 Å². The van der Waals surface area contributed by atoms with Crippen LogP contribution in [0.1, 0.15) is 36.9 Å². The number of aryl methyl sites for hydroxylation is 1. The highest BCUT2D eigenvalue weighted by molar-refractivity contribution is 5.78. The SMILES string of the molecule is Cc1ccn2cc(CC(=O)NC3CCCC3)nc2c1. The molecule has 4 heteroatoms. The van der Waals surface area contributed by atoms with E-state index in [9.17, 15) is 4.79 Å². The second-order valence-electron chi connectivity index (χ2n) is 5.43. The highest BCUT2D eigenvalue weighted by Crippen LogP contribution is 2.17. The maximum Gasteiger partial charge on any atom is 0.226 e. The number of rotatable bonds is 3. The monoisotopic (exact) mass is 257 g/mol. The van der Waals surface area contributed by atoms with E-state index in [2.05, 4.69) is 10.3 Å². The molecule has 0 aromatic carbocycles. The van der Waals surface area contributed by atoms with E-state index >= 15 is 0 Å². The molecule has 1 aliphatic rings. The molecule has 0 atom stereocenters. The van der Waals surface area contributed by atoms with Gasteiger partial charge >= 0.3 is 0 Å². The number of pyridine rings is 1. The Hall–Kier alpha value is -1.84. The number of fused-ring (bicyclic) bond motifs is 1. The highest BCUT2D eigenvalue weighted by Gasteiger charge is 2.17. The molecular weight excluding hydrogens is 238 g/mol. The first kappa shape index (κ1) is 12.2. The fourth-order valence-corrected chi connectivity index (χ4v) is 2.73. The lowest BCUT2D eigenvalue weighted by Gasteiger charge is -2.10. The molecule has 0 bridgehead atoms. The summed E-state index contributed by atoms with van der Waals surface area (Å²) in [5.41, 5.74) is 2.92. The van der Waals surface area contributed by atoms with Gasteiger partial charge in [-0.2, -0.15) is 0 Å². The van der Waals surface area contributed by atoms with Crippen LogP contribution in [0, 0.1) is 6.92 Å². The third-order valence-electron chi connectivity index (χ3n) is 3.73. The van der Waals surface area contributed by atoms with Gasteiger partial charge in [-0.25, -0.2) is 4.98 Å². The lowest BCUT2D eigenvalue weighted by Crippen LogP contribution is -2.33. The maximum atomic E-state index is 12.0. The summed E-state index contributed by atoms with van der Waals surface area (Å²) >= 11 is 0. The third-order valence-corrected chi connectivity index (χ3v) is 3.73. The molecule has 0 unspecified atom stereocenters. The van der Waals surface area contributed by atoms with Gasteiger partial charge in [-0.05, 0) is 37.5 Å². The Kier molecular flexibility index (Phi) is 3.23. The minimum absolute atomic E-state index is 0.0898. The Labute approximate surface area is 112 Å². The first-order chi connectivity index (χ1) is 9.20. The average Bonchev–Trinajstić information content (AvgIpc) is 2.97. The standard InChI is InChI=1S/C15H19N3O/c1-11-6-7-18-10-13(16-14(18)8-11)9-15(19)17-12-4-2-3-5-12/h6-8,10,12H,2-5,9H2,1H3,(H,17,19). The number of carbonyl (C=O) groups is 1. The van der Waals surface area contributed by atoms with Gasteiger partial charge in [0.2, 0.25) is 5.91 Å². The van der Waals surface area contributed by atoms with Crippen molar-refractivity contribution >= 4 is 11.6 Å². The lowest BCUT2D eigenvalue weighted by molar-refractivity contribution is -0.121. The topological polar surface area (TPSA) is 46.4 Å². The maximum absolute atomic E-state index is 12.0. The smallest absolute Gasteiger partial charge is 0.226 e. The first-order valence-corrected chi connectivity index (χ1v) is 6.94. The van der Waals surface area contributed by atoms with Crippen LogP contribution in [0.3, 0.4) is 0 Å². The van der Waals surface area contributed by atoms with E-state index in [-0.39, 0.29) is 5.91 Å². The van der Waals surface area contributed by atoms with Crippen molar-refractivity contribution in [3.63, 3.8) is 0 Å². The fourth-order valence-electron chi connectivity index (χ4n) is 2.73. The highest BCUT2D eigenvalue weighted by atomic mass is 16.1. The average molecular weight is 257 g/mol. The van der Waals surface area contributed by atoms with Gasteiger partial charge in [0.1, 0.15) is 5.65 Å². The number of nitrogens with zero attached hydrogens (tertiary/aromatic N) is 2. The van der Waals surface area contributed by atoms with E-state index in [0.717, 1.165) is 24.2 Å². The molecule has 0 radical (unpaired) electrons. The van der Waals surface area contributed by atoms with E-state index < -0.39 is 0 Å². The van der Waals surface area contributed by atoms with Crippen LogP contribution >= 0.6 is 0 Å². The van der Waals surface area contributed by atoms with E-state index in [4.69, 9.17) is 0 Å². The molecule has 100 valence electrons. The van der Waals surface area contributed by atoms with Crippen LogP contribution in [-0.2, 0) is 11.2 Å². The molecule has 0 spiro atoms. The van der Waals surface area contributed by atoms with Gasteiger partial charge in [-0.3, -0.25) is 4.79 Å². The van der Waals surface area contributed by atoms with E-state index in [1.807, 2.05) is 35.9 Å². The predicted molar refractivity (Wildman–Crippen MR) is 74.0 cm³/mol. The Bertz CT molecular complexity index is 596. The summed E-state index contributed by atoms with van der Waals surface area (Å²) in [6, 6.07) is 4.45. The molecule has 1 fully saturated rings. The van der Waals surface area contributed by atoms with Gasteiger partial charge in [0.25, 0.3) is 0 Å². The number of aromatic nitrogens is 2. The van der Waals surface area contributed by atoms with Crippen LogP contribution in [0.25, 0.3) is 5.65 Å². The van der Waals surface area contributed by atoms with E-state index in [1.165, 1.54) is 18.4 Å². The van der Waals surface area contributed by atoms with Crippen LogP contribution < -0.4 is 5.32 Å². The quantitative estimate of drug-likeness (QED) is 0.916. The fraction of sp³-hybridized carbons (Fsp3) is 0.467. The largest absolute Gasteiger partial charge is 0.353 e. The molecule has 2 heterocycles. The Balaban J connectivity index is 1.68. The normalized spacial score (nSPS) is 16.1. The minimum Gasteiger partial charge on any atom is -0.353 e. The van der Waals surface area contributed by atoms with Crippen molar-refractivity contribution in [2.45, 2.75) is 45.1 Å². The number of hydrogen-bond acceptors (Lipinski definition) is 2. The summed E-state index contributed by atoms with van der Waals surface area (Å²) in [7, 11) is 0. The van der Waals surface area contributed by atoms with Crippen molar-refractivity contribution in [3.8, 4) is 0 Å². The van der Waals surface area contributed by atoms with Crippen molar-refractivity contribution in [1.82, 2.24) is 14.7 Å².